The van der Waals surface area contributed by atoms with Gasteiger partial charge in [0, 0.05) is 12.2 Å². The van der Waals surface area contributed by atoms with Crippen LogP contribution in [0.15, 0.2) is 24.3 Å². The lowest BCUT2D eigenvalue weighted by molar-refractivity contribution is -0.137. The number of amides is 2. The lowest BCUT2D eigenvalue weighted by Crippen LogP contribution is -2.45. The van der Waals surface area contributed by atoms with E-state index < -0.39 is 23.8 Å². The van der Waals surface area contributed by atoms with Crippen molar-refractivity contribution in [3.8, 4) is 6.07 Å². The predicted octanol–water partition coefficient (Wildman–Crippen LogP) is 3.62. The van der Waals surface area contributed by atoms with Crippen molar-refractivity contribution in [1.82, 2.24) is 4.90 Å². The molecule has 1 aliphatic rings. The Morgan fingerprint density at radius 2 is 2.14 bits per heavy atom. The van der Waals surface area contributed by atoms with Gasteiger partial charge in [0.25, 0.3) is 0 Å². The number of alkyl halides is 3. The van der Waals surface area contributed by atoms with E-state index in [1.54, 1.807) is 0 Å². The number of likely N-dealkylation sites (tertiary alicyclic amines) is 1. The summed E-state index contributed by atoms with van der Waals surface area (Å²) in [4.78, 5) is 13.4. The van der Waals surface area contributed by atoms with Crippen LogP contribution in [0.25, 0.3) is 0 Å². The summed E-state index contributed by atoms with van der Waals surface area (Å²) in [6.45, 7) is 0.434. The molecule has 2 rings (SSSR count). The Kier molecular flexibility index (Phi) is 4.36. The second-order valence-electron chi connectivity index (χ2n) is 4.84. The number of halogens is 3. The molecule has 1 aromatic carbocycles. The molecule has 1 aliphatic heterocycles. The topological polar surface area (TPSA) is 56.1 Å². The van der Waals surface area contributed by atoms with Crippen molar-refractivity contribution < 1.29 is 18.0 Å². The number of rotatable bonds is 1. The molecule has 1 atom stereocenters. The van der Waals surface area contributed by atoms with Crippen LogP contribution in [0.1, 0.15) is 24.8 Å². The molecule has 0 saturated carbocycles. The molecule has 0 aromatic heterocycles. The Morgan fingerprint density at radius 3 is 2.81 bits per heavy atom. The molecular formula is C14H14F3N3O. The molecule has 1 unspecified atom stereocenters. The van der Waals surface area contributed by atoms with Gasteiger partial charge < -0.3 is 10.2 Å². The molecule has 2 amide bonds. The number of nitrogens with one attached hydrogen (secondary N) is 1. The van der Waals surface area contributed by atoms with Gasteiger partial charge >= 0.3 is 12.2 Å². The maximum absolute atomic E-state index is 12.6. The molecule has 1 aromatic rings. The van der Waals surface area contributed by atoms with Gasteiger partial charge in [-0.05, 0) is 37.5 Å². The smallest absolute Gasteiger partial charge is 0.309 e. The Labute approximate surface area is 120 Å². The summed E-state index contributed by atoms with van der Waals surface area (Å²) in [6, 6.07) is 5.41. The average Bonchev–Trinajstić information content (AvgIpc) is 2.46. The van der Waals surface area contributed by atoms with Crippen molar-refractivity contribution in [2.45, 2.75) is 31.5 Å². The van der Waals surface area contributed by atoms with Gasteiger partial charge in [0.1, 0.15) is 6.04 Å². The van der Waals surface area contributed by atoms with Gasteiger partial charge in [-0.1, -0.05) is 6.07 Å². The first-order valence-corrected chi connectivity index (χ1v) is 6.56. The summed E-state index contributed by atoms with van der Waals surface area (Å²) in [5, 5.41) is 11.4. The van der Waals surface area contributed by atoms with E-state index in [2.05, 4.69) is 5.32 Å². The predicted molar refractivity (Wildman–Crippen MR) is 70.4 cm³/mol. The third-order valence-corrected chi connectivity index (χ3v) is 3.35. The van der Waals surface area contributed by atoms with Crippen LogP contribution in [0, 0.1) is 11.3 Å². The number of nitrogens with zero attached hydrogens (tertiary/aromatic N) is 2. The molecule has 1 fully saturated rings. The Balaban J connectivity index is 2.11. The van der Waals surface area contributed by atoms with Crippen LogP contribution in [-0.2, 0) is 6.18 Å². The average molecular weight is 297 g/mol. The summed E-state index contributed by atoms with van der Waals surface area (Å²) < 4.78 is 37.8. The van der Waals surface area contributed by atoms with E-state index in [1.807, 2.05) is 6.07 Å². The second-order valence-corrected chi connectivity index (χ2v) is 4.84. The first-order chi connectivity index (χ1) is 9.91. The fourth-order valence-corrected chi connectivity index (χ4v) is 2.28. The lowest BCUT2D eigenvalue weighted by atomic mass is 10.0. The minimum atomic E-state index is -4.46. The zero-order valence-corrected chi connectivity index (χ0v) is 11.2. The maximum atomic E-state index is 12.6. The zero-order chi connectivity index (χ0) is 15.5. The van der Waals surface area contributed by atoms with Gasteiger partial charge in [0.15, 0.2) is 0 Å². The Bertz CT molecular complexity index is 565. The molecule has 7 heteroatoms. The quantitative estimate of drug-likeness (QED) is 0.860. The van der Waals surface area contributed by atoms with E-state index in [0.29, 0.717) is 13.0 Å². The van der Waals surface area contributed by atoms with E-state index >= 15 is 0 Å². The normalized spacial score (nSPS) is 19.0. The SMILES string of the molecule is N#CC1CCCCN1C(=O)Nc1cccc(C(F)(F)F)c1. The number of urea groups is 1. The van der Waals surface area contributed by atoms with Crippen molar-refractivity contribution in [2.24, 2.45) is 0 Å². The fraction of sp³-hybridized carbons (Fsp3) is 0.429. The summed E-state index contributed by atoms with van der Waals surface area (Å²) in [7, 11) is 0. The molecule has 0 aliphatic carbocycles. The number of carbonyl (C=O) groups is 1. The molecule has 1 saturated heterocycles. The number of carbonyl (C=O) groups excluding carboxylic acids is 1. The summed E-state index contributed by atoms with van der Waals surface area (Å²) in [6.07, 6.45) is -2.21. The van der Waals surface area contributed by atoms with E-state index in [1.165, 1.54) is 17.0 Å². The van der Waals surface area contributed by atoms with E-state index in [-0.39, 0.29) is 5.69 Å². The minimum Gasteiger partial charge on any atom is -0.309 e. The van der Waals surface area contributed by atoms with Gasteiger partial charge in [-0.15, -0.1) is 0 Å². The van der Waals surface area contributed by atoms with Gasteiger partial charge in [0.2, 0.25) is 0 Å². The highest BCUT2D eigenvalue weighted by Gasteiger charge is 2.31. The van der Waals surface area contributed by atoms with Crippen molar-refractivity contribution in [3.05, 3.63) is 29.8 Å². The Hall–Kier alpha value is -2.23. The zero-order valence-electron chi connectivity index (χ0n) is 11.2. The van der Waals surface area contributed by atoms with Crippen LogP contribution in [-0.4, -0.2) is 23.5 Å². The maximum Gasteiger partial charge on any atom is 0.416 e. The minimum absolute atomic E-state index is 0.0667. The standard InChI is InChI=1S/C14H14F3N3O/c15-14(16,17)10-4-3-5-11(8-10)19-13(21)20-7-2-1-6-12(20)9-18/h3-5,8,12H,1-2,6-7H2,(H,19,21). The number of anilines is 1. The molecule has 21 heavy (non-hydrogen) atoms. The van der Waals surface area contributed by atoms with Crippen LogP contribution >= 0.6 is 0 Å². The molecular weight excluding hydrogens is 283 g/mol. The highest BCUT2D eigenvalue weighted by Crippen LogP contribution is 2.30. The van der Waals surface area contributed by atoms with Crippen molar-refractivity contribution in [1.29, 1.82) is 5.26 Å². The molecule has 112 valence electrons. The highest BCUT2D eigenvalue weighted by molar-refractivity contribution is 5.89. The number of benzene rings is 1. The third-order valence-electron chi connectivity index (χ3n) is 3.35. The van der Waals surface area contributed by atoms with Gasteiger partial charge in [-0.3, -0.25) is 0 Å². The Morgan fingerprint density at radius 1 is 1.38 bits per heavy atom. The van der Waals surface area contributed by atoms with E-state index in [4.69, 9.17) is 5.26 Å². The van der Waals surface area contributed by atoms with Crippen LogP contribution in [0.5, 0.6) is 0 Å². The molecule has 4 nitrogen and oxygen atoms in total. The van der Waals surface area contributed by atoms with Crippen molar-refractivity contribution in [3.63, 3.8) is 0 Å². The van der Waals surface area contributed by atoms with Crippen LogP contribution in [0.4, 0.5) is 23.7 Å². The number of nitriles is 1. The van der Waals surface area contributed by atoms with Crippen molar-refractivity contribution >= 4 is 11.7 Å². The number of hydrogen-bond acceptors (Lipinski definition) is 2. The highest BCUT2D eigenvalue weighted by atomic mass is 19.4. The van der Waals surface area contributed by atoms with Crippen molar-refractivity contribution in [2.75, 3.05) is 11.9 Å². The first kappa shape index (κ1) is 15.2. The molecule has 1 N–H and O–H groups in total. The first-order valence-electron chi connectivity index (χ1n) is 6.56. The molecule has 1 heterocycles. The summed E-state index contributed by atoms with van der Waals surface area (Å²) in [5.74, 6) is 0. The summed E-state index contributed by atoms with van der Waals surface area (Å²) in [5.41, 5.74) is -0.757. The lowest BCUT2D eigenvalue weighted by Gasteiger charge is -2.31. The second kappa shape index (κ2) is 6.04. The third kappa shape index (κ3) is 3.66. The molecule has 0 bridgehead atoms. The van der Waals surface area contributed by atoms with Crippen LogP contribution in [0.2, 0.25) is 0 Å². The van der Waals surface area contributed by atoms with Crippen LogP contribution in [0.3, 0.4) is 0 Å². The van der Waals surface area contributed by atoms with E-state index in [0.717, 1.165) is 25.0 Å². The number of piperidine rings is 1. The van der Waals surface area contributed by atoms with Gasteiger partial charge in [0.05, 0.1) is 11.6 Å². The van der Waals surface area contributed by atoms with E-state index in [9.17, 15) is 18.0 Å². The number of hydrogen-bond donors (Lipinski definition) is 1. The largest absolute Gasteiger partial charge is 0.416 e. The molecule has 0 spiro atoms. The summed E-state index contributed by atoms with van der Waals surface area (Å²) >= 11 is 0. The van der Waals surface area contributed by atoms with Gasteiger partial charge in [-0.2, -0.15) is 18.4 Å². The van der Waals surface area contributed by atoms with Gasteiger partial charge in [-0.25, -0.2) is 4.79 Å². The monoisotopic (exact) mass is 297 g/mol. The molecule has 0 radical (unpaired) electrons. The fourth-order valence-electron chi connectivity index (χ4n) is 2.28. The van der Waals surface area contributed by atoms with Crippen LogP contribution < -0.4 is 5.32 Å².